The topological polar surface area (TPSA) is 47.3 Å². The minimum absolute atomic E-state index is 0.0317. The molecule has 0 aliphatic rings. The molecule has 3 nitrogen and oxygen atoms in total. The van der Waals surface area contributed by atoms with Gasteiger partial charge in [0.15, 0.2) is 0 Å². The highest BCUT2D eigenvalue weighted by molar-refractivity contribution is 6.31. The third-order valence-corrected chi connectivity index (χ3v) is 3.95. The zero-order valence-corrected chi connectivity index (χ0v) is 12.8. The normalized spacial score (nSPS) is 12.7. The first-order valence-corrected chi connectivity index (χ1v) is 7.31. The number of hydrogen-bond acceptors (Lipinski definition) is 3. The fraction of sp³-hybridized carbons (Fsp3) is 0.600. The van der Waals surface area contributed by atoms with E-state index in [0.717, 1.165) is 17.9 Å². The Kier molecular flexibility index (Phi) is 7.21. The number of ether oxygens (including phenoxy) is 1. The average molecular weight is 285 g/mol. The summed E-state index contributed by atoms with van der Waals surface area (Å²) in [4.78, 5) is 0. The van der Waals surface area contributed by atoms with Crippen molar-refractivity contribution in [1.29, 1.82) is 0 Å². The molecule has 0 spiro atoms. The Morgan fingerprint density at radius 3 is 2.53 bits per heavy atom. The Morgan fingerprint density at radius 2 is 2.00 bits per heavy atom. The minimum Gasteiger partial charge on any atom is -0.496 e. The van der Waals surface area contributed by atoms with Crippen molar-refractivity contribution in [3.05, 3.63) is 28.8 Å². The molecule has 1 unspecified atom stereocenters. The van der Waals surface area contributed by atoms with Crippen LogP contribution in [-0.2, 0) is 0 Å². The Labute approximate surface area is 121 Å². The smallest absolute Gasteiger partial charge is 0.125 e. The van der Waals surface area contributed by atoms with Crippen molar-refractivity contribution in [3.63, 3.8) is 0 Å². The quantitative estimate of drug-likeness (QED) is 0.769. The highest BCUT2D eigenvalue weighted by atomic mass is 35.5. The fourth-order valence-corrected chi connectivity index (χ4v) is 2.52. The van der Waals surface area contributed by atoms with Crippen molar-refractivity contribution in [3.8, 4) is 5.75 Å². The van der Waals surface area contributed by atoms with Gasteiger partial charge in [-0.3, -0.25) is 0 Å². The van der Waals surface area contributed by atoms with Gasteiger partial charge in [0.1, 0.15) is 5.75 Å². The number of methoxy groups -OCH3 is 1. The summed E-state index contributed by atoms with van der Waals surface area (Å²) in [6.45, 7) is 5.87. The van der Waals surface area contributed by atoms with Gasteiger partial charge in [0.25, 0.3) is 0 Å². The number of hydrogen-bond donors (Lipinski definition) is 2. The molecule has 1 aromatic carbocycles. The lowest BCUT2D eigenvalue weighted by Crippen LogP contribution is -2.32. The summed E-state index contributed by atoms with van der Waals surface area (Å²) in [6, 6.07) is 5.71. The zero-order valence-electron chi connectivity index (χ0n) is 12.1. The molecule has 0 bridgehead atoms. The van der Waals surface area contributed by atoms with E-state index in [1.54, 1.807) is 7.11 Å². The second-order valence-corrected chi connectivity index (χ2v) is 5.14. The monoisotopic (exact) mass is 284 g/mol. The molecule has 0 amide bonds. The van der Waals surface area contributed by atoms with Gasteiger partial charge in [0.05, 0.1) is 7.11 Å². The van der Waals surface area contributed by atoms with Crippen LogP contribution in [0.2, 0.25) is 5.02 Å². The molecular weight excluding hydrogens is 260 g/mol. The molecule has 1 rings (SSSR count). The van der Waals surface area contributed by atoms with E-state index in [-0.39, 0.29) is 6.04 Å². The summed E-state index contributed by atoms with van der Waals surface area (Å²) in [6.07, 6.45) is 2.33. The van der Waals surface area contributed by atoms with Crippen LogP contribution in [-0.4, -0.2) is 20.2 Å². The lowest BCUT2D eigenvalue weighted by molar-refractivity contribution is 0.384. The van der Waals surface area contributed by atoms with E-state index in [1.165, 1.54) is 12.8 Å². The van der Waals surface area contributed by atoms with Gasteiger partial charge in [-0.25, -0.2) is 0 Å². The standard InChI is InChI=1S/C15H25ClN2O/c1-4-11(5-2)10-18-13(9-17)15-12(16)7-6-8-14(15)19-3/h6-8,11,13,18H,4-5,9-10,17H2,1-3H3. The van der Waals surface area contributed by atoms with Gasteiger partial charge in [-0.05, 0) is 24.6 Å². The summed E-state index contributed by atoms with van der Waals surface area (Å²) in [5.41, 5.74) is 6.85. The van der Waals surface area contributed by atoms with Gasteiger partial charge in [-0.2, -0.15) is 0 Å². The van der Waals surface area contributed by atoms with Crippen molar-refractivity contribution in [1.82, 2.24) is 5.32 Å². The molecule has 0 radical (unpaired) electrons. The number of benzene rings is 1. The van der Waals surface area contributed by atoms with Crippen LogP contribution in [0.5, 0.6) is 5.75 Å². The van der Waals surface area contributed by atoms with E-state index in [9.17, 15) is 0 Å². The predicted octanol–water partition coefficient (Wildman–Crippen LogP) is 3.37. The van der Waals surface area contributed by atoms with Crippen LogP contribution >= 0.6 is 11.6 Å². The second kappa shape index (κ2) is 8.41. The van der Waals surface area contributed by atoms with Crippen LogP contribution in [0.1, 0.15) is 38.3 Å². The van der Waals surface area contributed by atoms with Crippen molar-refractivity contribution < 1.29 is 4.74 Å². The highest BCUT2D eigenvalue weighted by Gasteiger charge is 2.18. The third-order valence-electron chi connectivity index (χ3n) is 3.62. The molecule has 1 aromatic rings. The van der Waals surface area contributed by atoms with Crippen molar-refractivity contribution in [2.45, 2.75) is 32.7 Å². The summed E-state index contributed by atoms with van der Waals surface area (Å²) in [5.74, 6) is 1.46. The molecule has 19 heavy (non-hydrogen) atoms. The molecule has 0 saturated carbocycles. The number of halogens is 1. The van der Waals surface area contributed by atoms with Crippen LogP contribution < -0.4 is 15.8 Å². The average Bonchev–Trinajstić information content (AvgIpc) is 2.44. The van der Waals surface area contributed by atoms with E-state index in [4.69, 9.17) is 22.1 Å². The number of nitrogens with one attached hydrogen (secondary N) is 1. The molecule has 1 atom stereocenters. The second-order valence-electron chi connectivity index (χ2n) is 4.73. The summed E-state index contributed by atoms with van der Waals surface area (Å²) in [7, 11) is 1.66. The lowest BCUT2D eigenvalue weighted by Gasteiger charge is -2.23. The number of nitrogens with two attached hydrogens (primary N) is 1. The third kappa shape index (κ3) is 4.37. The molecule has 0 aliphatic heterocycles. The fourth-order valence-electron chi connectivity index (χ4n) is 2.22. The molecule has 4 heteroatoms. The van der Waals surface area contributed by atoms with Crippen LogP contribution in [0.25, 0.3) is 0 Å². The van der Waals surface area contributed by atoms with Crippen LogP contribution in [0.15, 0.2) is 18.2 Å². The van der Waals surface area contributed by atoms with Gasteiger partial charge in [-0.15, -0.1) is 0 Å². The van der Waals surface area contributed by atoms with Gasteiger partial charge in [0, 0.05) is 23.2 Å². The Morgan fingerprint density at radius 1 is 1.32 bits per heavy atom. The minimum atomic E-state index is 0.0317. The molecule has 0 fully saturated rings. The van der Waals surface area contributed by atoms with Gasteiger partial charge in [0.2, 0.25) is 0 Å². The van der Waals surface area contributed by atoms with Crippen LogP contribution in [0.3, 0.4) is 0 Å². The molecule has 0 saturated heterocycles. The van der Waals surface area contributed by atoms with E-state index in [2.05, 4.69) is 19.2 Å². The first-order chi connectivity index (χ1) is 9.17. The van der Waals surface area contributed by atoms with Gasteiger partial charge in [-0.1, -0.05) is 44.4 Å². The summed E-state index contributed by atoms with van der Waals surface area (Å²) < 4.78 is 5.39. The maximum Gasteiger partial charge on any atom is 0.125 e. The van der Waals surface area contributed by atoms with Crippen molar-refractivity contribution in [2.24, 2.45) is 11.7 Å². The van der Waals surface area contributed by atoms with E-state index < -0.39 is 0 Å². The molecule has 0 heterocycles. The SMILES string of the molecule is CCC(CC)CNC(CN)c1c(Cl)cccc1OC. The zero-order chi connectivity index (χ0) is 14.3. The maximum absolute atomic E-state index is 6.29. The Bertz CT molecular complexity index is 380. The van der Waals surface area contributed by atoms with Crippen molar-refractivity contribution >= 4 is 11.6 Å². The number of rotatable bonds is 8. The first kappa shape index (κ1) is 16.3. The van der Waals surface area contributed by atoms with Crippen LogP contribution in [0.4, 0.5) is 0 Å². The Hall–Kier alpha value is -0.770. The largest absolute Gasteiger partial charge is 0.496 e. The first-order valence-electron chi connectivity index (χ1n) is 6.93. The van der Waals surface area contributed by atoms with Gasteiger partial charge < -0.3 is 15.8 Å². The maximum atomic E-state index is 6.29. The van der Waals surface area contributed by atoms with Gasteiger partial charge >= 0.3 is 0 Å². The lowest BCUT2D eigenvalue weighted by atomic mass is 10.0. The van der Waals surface area contributed by atoms with E-state index >= 15 is 0 Å². The molecule has 3 N–H and O–H groups in total. The van der Waals surface area contributed by atoms with E-state index in [1.807, 2.05) is 18.2 Å². The molecule has 108 valence electrons. The van der Waals surface area contributed by atoms with E-state index in [0.29, 0.717) is 17.5 Å². The molecule has 0 aromatic heterocycles. The van der Waals surface area contributed by atoms with Crippen molar-refractivity contribution in [2.75, 3.05) is 20.2 Å². The highest BCUT2D eigenvalue weighted by Crippen LogP contribution is 2.31. The predicted molar refractivity (Wildman–Crippen MR) is 81.9 cm³/mol. The molecular formula is C15H25ClN2O. The molecule has 0 aliphatic carbocycles. The summed E-state index contributed by atoms with van der Waals surface area (Å²) in [5, 5.41) is 4.21. The van der Waals surface area contributed by atoms with Crippen LogP contribution in [0, 0.1) is 5.92 Å². The summed E-state index contributed by atoms with van der Waals surface area (Å²) >= 11 is 6.29. The Balaban J connectivity index is 2.85.